The van der Waals surface area contributed by atoms with E-state index in [4.69, 9.17) is 19.4 Å². The van der Waals surface area contributed by atoms with Crippen molar-refractivity contribution in [3.63, 3.8) is 0 Å². The van der Waals surface area contributed by atoms with Crippen LogP contribution in [0.3, 0.4) is 0 Å². The van der Waals surface area contributed by atoms with E-state index in [2.05, 4.69) is 4.90 Å². The number of rotatable bonds is 3. The molecule has 1 aromatic carbocycles. The van der Waals surface area contributed by atoms with E-state index in [1.807, 2.05) is 12.1 Å². The summed E-state index contributed by atoms with van der Waals surface area (Å²) in [6, 6.07) is 7.21. The Hall–Kier alpha value is -1.24. The van der Waals surface area contributed by atoms with Crippen LogP contribution < -0.4 is 9.55 Å². The van der Waals surface area contributed by atoms with Gasteiger partial charge in [0.25, 0.3) is 0 Å². The van der Waals surface area contributed by atoms with Gasteiger partial charge < -0.3 is 24.3 Å². The van der Waals surface area contributed by atoms with Gasteiger partial charge in [0.2, 0.25) is 0 Å². The third kappa shape index (κ3) is 2.88. The Balaban J connectivity index is 2.00. The molecule has 0 bridgehead atoms. The molecule has 5 nitrogen and oxygen atoms in total. The van der Waals surface area contributed by atoms with E-state index < -0.39 is 7.32 Å². The molecule has 0 saturated carbocycles. The van der Waals surface area contributed by atoms with Gasteiger partial charge in [-0.05, 0) is 24.3 Å². The topological polar surface area (TPSA) is 62.2 Å². The van der Waals surface area contributed by atoms with Crippen molar-refractivity contribution in [3.8, 4) is 5.75 Å². The average molecular weight is 223 g/mol. The van der Waals surface area contributed by atoms with Crippen LogP contribution >= 0.6 is 0 Å². The maximum Gasteiger partial charge on any atom is 0.707 e. The van der Waals surface area contributed by atoms with Crippen LogP contribution in [0.4, 0.5) is 5.69 Å². The van der Waals surface area contributed by atoms with Crippen molar-refractivity contribution in [1.82, 2.24) is 0 Å². The van der Waals surface area contributed by atoms with Gasteiger partial charge in [-0.1, -0.05) is 0 Å². The molecular formula is C10H14BNO4. The Bertz CT molecular complexity index is 324. The Morgan fingerprint density at radius 1 is 1.12 bits per heavy atom. The SMILES string of the molecule is OB(O)Oc1ccc(N2CCOCC2)cc1. The molecule has 1 saturated heterocycles. The summed E-state index contributed by atoms with van der Waals surface area (Å²) in [7, 11) is -1.77. The lowest BCUT2D eigenvalue weighted by atomic mass is 10.2. The van der Waals surface area contributed by atoms with E-state index in [-0.39, 0.29) is 0 Å². The number of morpholine rings is 1. The first-order valence-electron chi connectivity index (χ1n) is 5.21. The largest absolute Gasteiger partial charge is 0.707 e. The summed E-state index contributed by atoms with van der Waals surface area (Å²) in [4.78, 5) is 2.21. The van der Waals surface area contributed by atoms with Gasteiger partial charge in [-0.15, -0.1) is 0 Å². The Kier molecular flexibility index (Phi) is 3.66. The zero-order valence-electron chi connectivity index (χ0n) is 8.87. The van der Waals surface area contributed by atoms with E-state index in [1.165, 1.54) is 0 Å². The summed E-state index contributed by atoms with van der Waals surface area (Å²) in [5, 5.41) is 17.3. The molecule has 0 atom stereocenters. The number of benzene rings is 1. The molecular weight excluding hydrogens is 209 g/mol. The Morgan fingerprint density at radius 2 is 1.75 bits per heavy atom. The van der Waals surface area contributed by atoms with Gasteiger partial charge in [-0.3, -0.25) is 0 Å². The van der Waals surface area contributed by atoms with Gasteiger partial charge in [0.15, 0.2) is 0 Å². The first-order valence-corrected chi connectivity index (χ1v) is 5.21. The monoisotopic (exact) mass is 223 g/mol. The zero-order chi connectivity index (χ0) is 11.4. The Labute approximate surface area is 94.4 Å². The number of hydrogen-bond donors (Lipinski definition) is 2. The molecule has 1 aliphatic rings. The quantitative estimate of drug-likeness (QED) is 0.699. The van der Waals surface area contributed by atoms with Crippen LogP contribution in [-0.2, 0) is 4.74 Å². The molecule has 1 aromatic rings. The maximum atomic E-state index is 8.63. The third-order valence-electron chi connectivity index (χ3n) is 2.45. The lowest BCUT2D eigenvalue weighted by Crippen LogP contribution is -2.36. The van der Waals surface area contributed by atoms with Gasteiger partial charge >= 0.3 is 7.32 Å². The summed E-state index contributed by atoms with van der Waals surface area (Å²) < 4.78 is 9.99. The van der Waals surface area contributed by atoms with Crippen molar-refractivity contribution in [2.24, 2.45) is 0 Å². The molecule has 0 radical (unpaired) electrons. The highest BCUT2D eigenvalue weighted by Gasteiger charge is 2.13. The van der Waals surface area contributed by atoms with Gasteiger partial charge in [-0.2, -0.15) is 0 Å². The van der Waals surface area contributed by atoms with Gasteiger partial charge in [-0.25, -0.2) is 0 Å². The van der Waals surface area contributed by atoms with Crippen LogP contribution in [0.5, 0.6) is 5.75 Å². The molecule has 86 valence electrons. The molecule has 2 N–H and O–H groups in total. The lowest BCUT2D eigenvalue weighted by molar-refractivity contribution is 0.122. The molecule has 0 spiro atoms. The van der Waals surface area contributed by atoms with Crippen molar-refractivity contribution in [2.45, 2.75) is 0 Å². The van der Waals surface area contributed by atoms with E-state index in [0.29, 0.717) is 5.75 Å². The second-order valence-electron chi connectivity index (χ2n) is 3.54. The lowest BCUT2D eigenvalue weighted by Gasteiger charge is -2.28. The molecule has 0 unspecified atom stereocenters. The fourth-order valence-electron chi connectivity index (χ4n) is 1.68. The van der Waals surface area contributed by atoms with Crippen molar-refractivity contribution in [1.29, 1.82) is 0 Å². The predicted molar refractivity (Wildman–Crippen MR) is 60.3 cm³/mol. The second kappa shape index (κ2) is 5.20. The fourth-order valence-corrected chi connectivity index (χ4v) is 1.68. The molecule has 1 fully saturated rings. The summed E-state index contributed by atoms with van der Waals surface area (Å²) in [5.41, 5.74) is 1.09. The van der Waals surface area contributed by atoms with Gasteiger partial charge in [0.05, 0.1) is 13.2 Å². The van der Waals surface area contributed by atoms with Crippen LogP contribution in [0.1, 0.15) is 0 Å². The third-order valence-corrected chi connectivity index (χ3v) is 2.45. The van der Waals surface area contributed by atoms with Crippen LogP contribution in [0.2, 0.25) is 0 Å². The van der Waals surface area contributed by atoms with Crippen molar-refractivity contribution < 1.29 is 19.4 Å². The number of nitrogens with zero attached hydrogens (tertiary/aromatic N) is 1. The highest BCUT2D eigenvalue weighted by Crippen LogP contribution is 2.20. The van der Waals surface area contributed by atoms with Crippen molar-refractivity contribution in [2.75, 3.05) is 31.2 Å². The van der Waals surface area contributed by atoms with Gasteiger partial charge in [0, 0.05) is 18.8 Å². The smallest absolute Gasteiger partial charge is 0.512 e. The predicted octanol–water partition coefficient (Wildman–Crippen LogP) is -0.129. The molecule has 16 heavy (non-hydrogen) atoms. The fraction of sp³-hybridized carbons (Fsp3) is 0.400. The second-order valence-corrected chi connectivity index (χ2v) is 3.54. The minimum absolute atomic E-state index is 0.437. The molecule has 2 rings (SSSR count). The molecule has 0 amide bonds. The maximum absolute atomic E-state index is 8.63. The van der Waals surface area contributed by atoms with Crippen molar-refractivity contribution >= 4 is 13.0 Å². The molecule has 0 aliphatic carbocycles. The molecule has 1 heterocycles. The molecule has 0 aromatic heterocycles. The van der Waals surface area contributed by atoms with E-state index >= 15 is 0 Å². The number of anilines is 1. The minimum Gasteiger partial charge on any atom is -0.512 e. The standard InChI is InChI=1S/C10H14BNO4/c13-11(14)16-10-3-1-9(2-4-10)12-5-7-15-8-6-12/h1-4,13-14H,5-8H2. The number of ether oxygens (including phenoxy) is 1. The summed E-state index contributed by atoms with van der Waals surface area (Å²) in [6.45, 7) is 3.24. The number of hydrogen-bond acceptors (Lipinski definition) is 5. The van der Waals surface area contributed by atoms with Crippen LogP contribution in [0.25, 0.3) is 0 Å². The zero-order valence-corrected chi connectivity index (χ0v) is 8.87. The van der Waals surface area contributed by atoms with E-state index in [1.54, 1.807) is 12.1 Å². The van der Waals surface area contributed by atoms with Crippen LogP contribution in [0.15, 0.2) is 24.3 Å². The van der Waals surface area contributed by atoms with E-state index in [9.17, 15) is 0 Å². The summed E-state index contributed by atoms with van der Waals surface area (Å²) in [5.74, 6) is 0.437. The van der Waals surface area contributed by atoms with Crippen molar-refractivity contribution in [3.05, 3.63) is 24.3 Å². The average Bonchev–Trinajstić information content (AvgIpc) is 2.30. The molecule has 6 heteroatoms. The first-order chi connectivity index (χ1) is 7.75. The highest BCUT2D eigenvalue weighted by molar-refractivity contribution is 6.33. The van der Waals surface area contributed by atoms with Gasteiger partial charge in [0.1, 0.15) is 5.75 Å². The van der Waals surface area contributed by atoms with Crippen LogP contribution in [-0.4, -0.2) is 43.7 Å². The van der Waals surface area contributed by atoms with Crippen LogP contribution in [0, 0.1) is 0 Å². The molecule has 1 aliphatic heterocycles. The minimum atomic E-state index is -1.77. The summed E-state index contributed by atoms with van der Waals surface area (Å²) >= 11 is 0. The van der Waals surface area contributed by atoms with E-state index in [0.717, 1.165) is 32.0 Å². The highest BCUT2D eigenvalue weighted by atomic mass is 16.6. The summed E-state index contributed by atoms with van der Waals surface area (Å²) in [6.07, 6.45) is 0. The first kappa shape index (κ1) is 11.3. The normalized spacial score (nSPS) is 16.0. The Morgan fingerprint density at radius 3 is 2.31 bits per heavy atom.